The Morgan fingerprint density at radius 1 is 1.82 bits per heavy atom. The number of ether oxygens (including phenoxy) is 1. The summed E-state index contributed by atoms with van der Waals surface area (Å²) < 4.78 is 4.90. The molecule has 1 rings (SSSR count). The molecule has 0 bridgehead atoms. The molecule has 1 aliphatic heterocycles. The fourth-order valence-electron chi connectivity index (χ4n) is 1.15. The Bertz CT molecular complexity index is 204. The van der Waals surface area contributed by atoms with E-state index < -0.39 is 5.60 Å². The molecule has 1 heterocycles. The lowest BCUT2D eigenvalue weighted by Crippen LogP contribution is -2.27. The van der Waals surface area contributed by atoms with Crippen LogP contribution in [0.15, 0.2) is 0 Å². The van der Waals surface area contributed by atoms with Crippen LogP contribution in [0.2, 0.25) is 0 Å². The number of aliphatic hydroxyl groups is 1. The first-order valence-corrected chi connectivity index (χ1v) is 3.53. The van der Waals surface area contributed by atoms with Gasteiger partial charge >= 0.3 is 5.97 Å². The van der Waals surface area contributed by atoms with Crippen LogP contribution < -0.4 is 0 Å². The zero-order chi connectivity index (χ0) is 8.32. The summed E-state index contributed by atoms with van der Waals surface area (Å²) in [5, 5.41) is 8.62. The lowest BCUT2D eigenvalue weighted by Gasteiger charge is -2.19. The highest BCUT2D eigenvalue weighted by atomic mass is 16.6. The van der Waals surface area contributed by atoms with Crippen molar-refractivity contribution in [3.63, 3.8) is 0 Å². The van der Waals surface area contributed by atoms with Crippen molar-refractivity contribution >= 4 is 5.97 Å². The van der Waals surface area contributed by atoms with Gasteiger partial charge in [-0.1, -0.05) is 5.92 Å². The standard InChI is InChI=1S/C8H10O3/c1-2-8(5-6-9)4-3-7(10)11-8/h1,9H,3-6H2/t8-/m1/s1. The molecular weight excluding hydrogens is 144 g/mol. The fourth-order valence-corrected chi connectivity index (χ4v) is 1.15. The van der Waals surface area contributed by atoms with E-state index in [1.54, 1.807) is 0 Å². The van der Waals surface area contributed by atoms with Gasteiger partial charge in [0, 0.05) is 19.4 Å². The molecule has 0 saturated carbocycles. The van der Waals surface area contributed by atoms with Gasteiger partial charge in [-0.05, 0) is 0 Å². The topological polar surface area (TPSA) is 46.5 Å². The average Bonchev–Trinajstić information content (AvgIpc) is 2.34. The smallest absolute Gasteiger partial charge is 0.307 e. The van der Waals surface area contributed by atoms with Gasteiger partial charge in [0.15, 0.2) is 5.60 Å². The van der Waals surface area contributed by atoms with E-state index in [-0.39, 0.29) is 12.6 Å². The number of hydrogen-bond donors (Lipinski definition) is 1. The summed E-state index contributed by atoms with van der Waals surface area (Å²) >= 11 is 0. The summed E-state index contributed by atoms with van der Waals surface area (Å²) in [6.07, 6.45) is 6.42. The number of rotatable bonds is 2. The van der Waals surface area contributed by atoms with Crippen molar-refractivity contribution in [2.45, 2.75) is 24.9 Å². The van der Waals surface area contributed by atoms with E-state index >= 15 is 0 Å². The van der Waals surface area contributed by atoms with Crippen LogP contribution in [0, 0.1) is 12.3 Å². The highest BCUT2D eigenvalue weighted by Crippen LogP contribution is 2.28. The van der Waals surface area contributed by atoms with Crippen LogP contribution in [0.25, 0.3) is 0 Å². The molecule has 11 heavy (non-hydrogen) atoms. The monoisotopic (exact) mass is 154 g/mol. The molecule has 1 fully saturated rings. The van der Waals surface area contributed by atoms with Crippen molar-refractivity contribution < 1.29 is 14.6 Å². The van der Waals surface area contributed by atoms with E-state index in [1.807, 2.05) is 0 Å². The molecule has 1 N–H and O–H groups in total. The van der Waals surface area contributed by atoms with Crippen molar-refractivity contribution in [2.75, 3.05) is 6.61 Å². The van der Waals surface area contributed by atoms with Crippen molar-refractivity contribution in [2.24, 2.45) is 0 Å². The summed E-state index contributed by atoms with van der Waals surface area (Å²) in [7, 11) is 0. The molecule has 60 valence electrons. The van der Waals surface area contributed by atoms with Gasteiger partial charge in [0.25, 0.3) is 0 Å². The van der Waals surface area contributed by atoms with Crippen LogP contribution in [0.4, 0.5) is 0 Å². The molecule has 0 aromatic rings. The zero-order valence-corrected chi connectivity index (χ0v) is 6.17. The Morgan fingerprint density at radius 2 is 2.55 bits per heavy atom. The van der Waals surface area contributed by atoms with Crippen molar-refractivity contribution in [3.05, 3.63) is 0 Å². The Hall–Kier alpha value is -1.01. The number of aliphatic hydroxyl groups excluding tert-OH is 1. The maximum Gasteiger partial charge on any atom is 0.307 e. The van der Waals surface area contributed by atoms with Crippen LogP contribution in [0.5, 0.6) is 0 Å². The normalized spacial score (nSPS) is 29.6. The van der Waals surface area contributed by atoms with E-state index in [2.05, 4.69) is 5.92 Å². The quantitative estimate of drug-likeness (QED) is 0.452. The number of carbonyl (C=O) groups excluding carboxylic acids is 1. The van der Waals surface area contributed by atoms with Gasteiger partial charge < -0.3 is 9.84 Å². The number of terminal acetylenes is 1. The predicted molar refractivity (Wildman–Crippen MR) is 38.6 cm³/mol. The molecule has 0 unspecified atom stereocenters. The first-order chi connectivity index (χ1) is 5.22. The molecule has 0 spiro atoms. The molecule has 3 heteroatoms. The maximum absolute atomic E-state index is 10.7. The molecule has 0 radical (unpaired) electrons. The van der Waals surface area contributed by atoms with Gasteiger partial charge in [-0.2, -0.15) is 0 Å². The lowest BCUT2D eigenvalue weighted by atomic mass is 9.98. The second-order valence-electron chi connectivity index (χ2n) is 2.59. The van der Waals surface area contributed by atoms with Crippen LogP contribution in [0.1, 0.15) is 19.3 Å². The molecule has 0 aromatic heterocycles. The third kappa shape index (κ3) is 1.52. The number of esters is 1. The van der Waals surface area contributed by atoms with Crippen molar-refractivity contribution in [1.82, 2.24) is 0 Å². The average molecular weight is 154 g/mol. The Morgan fingerprint density at radius 3 is 2.91 bits per heavy atom. The second kappa shape index (κ2) is 2.93. The van der Waals surface area contributed by atoms with Gasteiger partial charge in [-0.3, -0.25) is 4.79 Å². The van der Waals surface area contributed by atoms with Crippen LogP contribution in [-0.4, -0.2) is 23.3 Å². The Labute approximate surface area is 65.4 Å². The van der Waals surface area contributed by atoms with Crippen molar-refractivity contribution in [1.29, 1.82) is 0 Å². The predicted octanol–water partition coefficient (Wildman–Crippen LogP) is 0.0778. The lowest BCUT2D eigenvalue weighted by molar-refractivity contribution is -0.145. The fraction of sp³-hybridized carbons (Fsp3) is 0.625. The van der Waals surface area contributed by atoms with Gasteiger partial charge in [0.05, 0.1) is 6.42 Å². The summed E-state index contributed by atoms with van der Waals surface area (Å²) in [4.78, 5) is 10.7. The Kier molecular flexibility index (Phi) is 2.16. The second-order valence-corrected chi connectivity index (χ2v) is 2.59. The van der Waals surface area contributed by atoms with E-state index in [0.29, 0.717) is 19.3 Å². The summed E-state index contributed by atoms with van der Waals surface area (Å²) in [6, 6.07) is 0. The molecule has 0 aromatic carbocycles. The van der Waals surface area contributed by atoms with Crippen LogP contribution >= 0.6 is 0 Å². The molecule has 3 nitrogen and oxygen atoms in total. The number of carbonyl (C=O) groups is 1. The number of cyclic esters (lactones) is 1. The van der Waals surface area contributed by atoms with Gasteiger partial charge in [0.2, 0.25) is 0 Å². The number of hydrogen-bond acceptors (Lipinski definition) is 3. The molecule has 1 atom stereocenters. The van der Waals surface area contributed by atoms with E-state index in [0.717, 1.165) is 0 Å². The minimum Gasteiger partial charge on any atom is -0.446 e. The van der Waals surface area contributed by atoms with E-state index in [1.165, 1.54) is 0 Å². The van der Waals surface area contributed by atoms with E-state index in [4.69, 9.17) is 16.3 Å². The first kappa shape index (κ1) is 8.09. The van der Waals surface area contributed by atoms with Gasteiger partial charge in [-0.15, -0.1) is 6.42 Å². The maximum atomic E-state index is 10.7. The van der Waals surface area contributed by atoms with Crippen LogP contribution in [0.3, 0.4) is 0 Å². The zero-order valence-electron chi connectivity index (χ0n) is 6.17. The molecule has 0 aliphatic carbocycles. The van der Waals surface area contributed by atoms with Crippen LogP contribution in [-0.2, 0) is 9.53 Å². The van der Waals surface area contributed by atoms with E-state index in [9.17, 15) is 4.79 Å². The largest absolute Gasteiger partial charge is 0.446 e. The Balaban J connectivity index is 2.64. The molecule has 0 amide bonds. The SMILES string of the molecule is C#C[C@]1(CCO)CCC(=O)O1. The van der Waals surface area contributed by atoms with Crippen molar-refractivity contribution in [3.8, 4) is 12.3 Å². The summed E-state index contributed by atoms with van der Waals surface area (Å²) in [5.74, 6) is 2.14. The summed E-state index contributed by atoms with van der Waals surface area (Å²) in [6.45, 7) is -0.0442. The first-order valence-electron chi connectivity index (χ1n) is 3.53. The third-order valence-corrected chi connectivity index (χ3v) is 1.82. The molecule has 1 aliphatic rings. The minimum atomic E-state index is -0.814. The molecule has 1 saturated heterocycles. The summed E-state index contributed by atoms with van der Waals surface area (Å²) in [5.41, 5.74) is -0.814. The highest BCUT2D eigenvalue weighted by Gasteiger charge is 2.37. The minimum absolute atomic E-state index is 0.0442. The molecular formula is C8H10O3. The third-order valence-electron chi connectivity index (χ3n) is 1.82. The van der Waals surface area contributed by atoms with Gasteiger partial charge in [0.1, 0.15) is 0 Å². The van der Waals surface area contributed by atoms with Gasteiger partial charge in [-0.25, -0.2) is 0 Å². The highest BCUT2D eigenvalue weighted by molar-refractivity contribution is 5.73.